The molecule has 3 N–H and O–H groups in total. The van der Waals surface area contributed by atoms with Crippen LogP contribution in [0.1, 0.15) is 50.2 Å². The zero-order valence-corrected chi connectivity index (χ0v) is 20.5. The fraction of sp³-hybridized carbons (Fsp3) is 0.444. The number of alkyl carbamates (subject to hydrolysis) is 1. The molecule has 8 heteroatoms. The molecule has 2 aromatic carbocycles. The second-order valence-corrected chi connectivity index (χ2v) is 9.39. The monoisotopic (exact) mass is 482 g/mol. The van der Waals surface area contributed by atoms with Crippen LogP contribution in [0.15, 0.2) is 48.5 Å². The molecule has 1 aliphatic carbocycles. The highest BCUT2D eigenvalue weighted by Crippen LogP contribution is 2.44. The minimum atomic E-state index is -1.08. The lowest BCUT2D eigenvalue weighted by Crippen LogP contribution is -2.47. The van der Waals surface area contributed by atoms with E-state index < -0.39 is 23.5 Å². The van der Waals surface area contributed by atoms with Crippen molar-refractivity contribution in [1.29, 1.82) is 0 Å². The maximum atomic E-state index is 12.7. The quantitative estimate of drug-likeness (QED) is 0.395. The molecule has 35 heavy (non-hydrogen) atoms. The summed E-state index contributed by atoms with van der Waals surface area (Å²) in [7, 11) is 1.54. The lowest BCUT2D eigenvalue weighted by Gasteiger charge is -2.26. The number of carboxylic acids is 1. The van der Waals surface area contributed by atoms with Crippen LogP contribution in [0.3, 0.4) is 0 Å². The van der Waals surface area contributed by atoms with Gasteiger partial charge in [-0.2, -0.15) is 0 Å². The van der Waals surface area contributed by atoms with Crippen molar-refractivity contribution in [2.45, 2.75) is 45.1 Å². The van der Waals surface area contributed by atoms with Crippen LogP contribution in [-0.2, 0) is 19.1 Å². The van der Waals surface area contributed by atoms with Gasteiger partial charge in [0.05, 0.1) is 0 Å². The Morgan fingerprint density at radius 2 is 1.63 bits per heavy atom. The molecule has 2 aromatic rings. The van der Waals surface area contributed by atoms with Gasteiger partial charge >= 0.3 is 12.1 Å². The normalized spacial score (nSPS) is 13.5. The van der Waals surface area contributed by atoms with Crippen molar-refractivity contribution in [2.75, 3.05) is 26.9 Å². The first-order valence-corrected chi connectivity index (χ1v) is 11.9. The highest BCUT2D eigenvalue weighted by atomic mass is 16.5. The molecule has 3 rings (SSSR count). The summed E-state index contributed by atoms with van der Waals surface area (Å²) >= 11 is 0. The van der Waals surface area contributed by atoms with Gasteiger partial charge in [0, 0.05) is 31.6 Å². The Hall–Kier alpha value is -3.39. The molecule has 8 nitrogen and oxygen atoms in total. The molecule has 0 heterocycles. The van der Waals surface area contributed by atoms with Crippen LogP contribution in [0.5, 0.6) is 0 Å². The molecule has 1 unspecified atom stereocenters. The summed E-state index contributed by atoms with van der Waals surface area (Å²) in [5, 5.41) is 14.7. The molecule has 0 aliphatic heterocycles. The third-order valence-electron chi connectivity index (χ3n) is 6.42. The number of ether oxygens (including phenoxy) is 2. The number of hydrogen-bond acceptors (Lipinski definition) is 5. The minimum absolute atomic E-state index is 0.0265. The summed E-state index contributed by atoms with van der Waals surface area (Å²) in [6.07, 6.45) is 0.583. The van der Waals surface area contributed by atoms with Gasteiger partial charge < -0.3 is 25.2 Å². The van der Waals surface area contributed by atoms with Gasteiger partial charge in [-0.3, -0.25) is 4.79 Å². The van der Waals surface area contributed by atoms with E-state index in [9.17, 15) is 19.5 Å². The minimum Gasteiger partial charge on any atom is -0.480 e. The second-order valence-electron chi connectivity index (χ2n) is 9.39. The maximum absolute atomic E-state index is 12.7. The van der Waals surface area contributed by atoms with Crippen LogP contribution in [0.2, 0.25) is 0 Å². The summed E-state index contributed by atoms with van der Waals surface area (Å²) in [5.41, 5.74) is 3.72. The van der Waals surface area contributed by atoms with Crippen molar-refractivity contribution in [1.82, 2.24) is 10.6 Å². The molecule has 2 amide bonds. The predicted octanol–water partition coefficient (Wildman–Crippen LogP) is 3.94. The number of amides is 2. The third-order valence-corrected chi connectivity index (χ3v) is 6.42. The number of hydrogen-bond donors (Lipinski definition) is 3. The fourth-order valence-electron chi connectivity index (χ4n) is 4.28. The van der Waals surface area contributed by atoms with Gasteiger partial charge in [-0.1, -0.05) is 62.4 Å². The van der Waals surface area contributed by atoms with Crippen molar-refractivity contribution < 1.29 is 29.0 Å². The van der Waals surface area contributed by atoms with E-state index in [0.29, 0.717) is 19.4 Å². The zero-order chi connectivity index (χ0) is 25.4. The summed E-state index contributed by atoms with van der Waals surface area (Å²) in [4.78, 5) is 36.5. The molecule has 0 radical (unpaired) electrons. The summed E-state index contributed by atoms with van der Waals surface area (Å²) in [5.74, 6) is -1.49. The topological polar surface area (TPSA) is 114 Å². The van der Waals surface area contributed by atoms with Crippen LogP contribution >= 0.6 is 0 Å². The predicted molar refractivity (Wildman–Crippen MR) is 132 cm³/mol. The number of aliphatic carboxylic acids is 1. The Morgan fingerprint density at radius 3 is 2.20 bits per heavy atom. The fourth-order valence-corrected chi connectivity index (χ4v) is 4.28. The van der Waals surface area contributed by atoms with Crippen LogP contribution in [0.25, 0.3) is 11.1 Å². The standard InChI is InChI=1S/C27H34N2O6/c1-27(2,25(32)29-23(24(30)31)13-8-16-34-3)14-15-28-26(33)35-17-22-20-11-6-4-9-18(20)19-10-5-7-12-21(19)22/h4-7,9-12,22-23H,8,13-17H2,1-3H3,(H,28,33)(H,29,32)(H,30,31). The molecule has 0 spiro atoms. The van der Waals surface area contributed by atoms with E-state index in [1.54, 1.807) is 21.0 Å². The zero-order valence-electron chi connectivity index (χ0n) is 20.5. The van der Waals surface area contributed by atoms with Crippen molar-refractivity contribution in [2.24, 2.45) is 5.41 Å². The van der Waals surface area contributed by atoms with Crippen LogP contribution in [0, 0.1) is 5.41 Å². The second kappa shape index (κ2) is 11.8. The molecular formula is C27H34N2O6. The van der Waals surface area contributed by atoms with Crippen molar-refractivity contribution in [3.8, 4) is 11.1 Å². The Kier molecular flexibility index (Phi) is 8.87. The van der Waals surface area contributed by atoms with Gasteiger partial charge in [-0.15, -0.1) is 0 Å². The van der Waals surface area contributed by atoms with Gasteiger partial charge in [0.15, 0.2) is 0 Å². The summed E-state index contributed by atoms with van der Waals surface area (Å²) in [6, 6.07) is 15.3. The van der Waals surface area contributed by atoms with Crippen molar-refractivity contribution >= 4 is 18.0 Å². The van der Waals surface area contributed by atoms with Gasteiger partial charge in [0.25, 0.3) is 0 Å². The Balaban J connectivity index is 1.48. The van der Waals surface area contributed by atoms with Gasteiger partial charge in [-0.25, -0.2) is 9.59 Å². The highest BCUT2D eigenvalue weighted by Gasteiger charge is 2.32. The number of carboxylic acid groups (broad SMARTS) is 1. The van der Waals surface area contributed by atoms with E-state index in [2.05, 4.69) is 34.9 Å². The molecule has 1 aliphatic rings. The number of carbonyl (C=O) groups is 3. The van der Waals surface area contributed by atoms with Gasteiger partial charge in [-0.05, 0) is 41.5 Å². The van der Waals surface area contributed by atoms with E-state index in [1.807, 2.05) is 24.3 Å². The van der Waals surface area contributed by atoms with Crippen molar-refractivity contribution in [3.05, 3.63) is 59.7 Å². The van der Waals surface area contributed by atoms with Crippen molar-refractivity contribution in [3.63, 3.8) is 0 Å². The lowest BCUT2D eigenvalue weighted by atomic mass is 9.87. The molecule has 0 saturated heterocycles. The number of benzene rings is 2. The first-order chi connectivity index (χ1) is 16.7. The number of methoxy groups -OCH3 is 1. The third kappa shape index (κ3) is 6.60. The van der Waals surface area contributed by atoms with Gasteiger partial charge in [0.1, 0.15) is 12.6 Å². The first kappa shape index (κ1) is 26.2. The molecule has 0 bridgehead atoms. The Labute approximate surface area is 206 Å². The average molecular weight is 483 g/mol. The van der Waals surface area contributed by atoms with E-state index in [1.165, 1.54) is 0 Å². The lowest BCUT2D eigenvalue weighted by molar-refractivity contribution is -0.143. The largest absolute Gasteiger partial charge is 0.480 e. The Morgan fingerprint density at radius 1 is 1.03 bits per heavy atom. The number of fused-ring (bicyclic) bond motifs is 3. The molecule has 0 saturated carbocycles. The average Bonchev–Trinajstić information content (AvgIpc) is 3.15. The van der Waals surface area contributed by atoms with E-state index >= 15 is 0 Å². The number of carbonyl (C=O) groups excluding carboxylic acids is 2. The molecular weight excluding hydrogens is 448 g/mol. The van der Waals surface area contributed by atoms with E-state index in [-0.39, 0.29) is 31.4 Å². The number of nitrogens with one attached hydrogen (secondary N) is 2. The SMILES string of the molecule is COCCCC(NC(=O)C(C)(C)CCNC(=O)OCC1c2ccccc2-c2ccccc21)C(=O)O. The Bertz CT molecular complexity index is 1010. The highest BCUT2D eigenvalue weighted by molar-refractivity contribution is 5.87. The summed E-state index contributed by atoms with van der Waals surface area (Å²) in [6.45, 7) is 4.29. The molecule has 188 valence electrons. The van der Waals surface area contributed by atoms with Gasteiger partial charge in [0.2, 0.25) is 5.91 Å². The molecule has 0 fully saturated rings. The van der Waals surface area contributed by atoms with E-state index in [0.717, 1.165) is 22.3 Å². The smallest absolute Gasteiger partial charge is 0.407 e. The first-order valence-electron chi connectivity index (χ1n) is 11.9. The van der Waals surface area contributed by atoms with Crippen LogP contribution < -0.4 is 10.6 Å². The molecule has 0 aromatic heterocycles. The number of rotatable bonds is 12. The van der Waals surface area contributed by atoms with Crippen LogP contribution in [0.4, 0.5) is 4.79 Å². The van der Waals surface area contributed by atoms with E-state index in [4.69, 9.17) is 9.47 Å². The maximum Gasteiger partial charge on any atom is 0.407 e. The summed E-state index contributed by atoms with van der Waals surface area (Å²) < 4.78 is 10.5. The molecule has 1 atom stereocenters. The van der Waals surface area contributed by atoms with Crippen LogP contribution in [-0.4, -0.2) is 56.0 Å².